The van der Waals surface area contributed by atoms with Gasteiger partial charge < -0.3 is 15.2 Å². The zero-order valence-corrected chi connectivity index (χ0v) is 13.2. The van der Waals surface area contributed by atoms with Crippen molar-refractivity contribution in [3.8, 4) is 0 Å². The summed E-state index contributed by atoms with van der Waals surface area (Å²) in [5.41, 5.74) is 0.982. The molecule has 1 aromatic rings. The van der Waals surface area contributed by atoms with Gasteiger partial charge in [0, 0.05) is 18.6 Å². The van der Waals surface area contributed by atoms with Crippen LogP contribution in [0.1, 0.15) is 31.2 Å². The Morgan fingerprint density at radius 1 is 1.32 bits per heavy atom. The van der Waals surface area contributed by atoms with Crippen LogP contribution in [0.25, 0.3) is 0 Å². The third kappa shape index (κ3) is 5.00. The third-order valence-corrected chi connectivity index (χ3v) is 4.26. The number of rotatable bonds is 6. The van der Waals surface area contributed by atoms with Crippen molar-refractivity contribution in [1.82, 2.24) is 10.2 Å². The van der Waals surface area contributed by atoms with Gasteiger partial charge >= 0.3 is 6.09 Å². The predicted octanol–water partition coefficient (Wildman–Crippen LogP) is 2.15. The zero-order valence-electron chi connectivity index (χ0n) is 13.2. The molecule has 1 fully saturated rings. The van der Waals surface area contributed by atoms with Crippen molar-refractivity contribution in [3.05, 3.63) is 35.9 Å². The molecule has 2 atom stereocenters. The normalized spacial score (nSPS) is 21.6. The van der Waals surface area contributed by atoms with Crippen molar-refractivity contribution in [2.75, 3.05) is 20.2 Å². The van der Waals surface area contributed by atoms with Crippen LogP contribution in [0.5, 0.6) is 0 Å². The maximum absolute atomic E-state index is 12.0. The summed E-state index contributed by atoms with van der Waals surface area (Å²) in [4.78, 5) is 14.1. The molecule has 1 aliphatic rings. The number of likely N-dealkylation sites (N-methyl/N-ethyl adjacent to an activating group) is 1. The predicted molar refractivity (Wildman–Crippen MR) is 85.5 cm³/mol. The van der Waals surface area contributed by atoms with Crippen molar-refractivity contribution in [2.45, 2.75) is 44.4 Å². The van der Waals surface area contributed by atoms with E-state index in [1.54, 1.807) is 0 Å². The summed E-state index contributed by atoms with van der Waals surface area (Å²) in [5.74, 6) is 0. The van der Waals surface area contributed by atoms with Crippen LogP contribution in [0.4, 0.5) is 4.79 Å². The van der Waals surface area contributed by atoms with Crippen LogP contribution in [-0.4, -0.2) is 48.4 Å². The van der Waals surface area contributed by atoms with Gasteiger partial charge in [0.05, 0.1) is 6.61 Å². The number of hydrogen-bond acceptors (Lipinski definition) is 4. The number of nitrogens with one attached hydrogen (secondary N) is 1. The summed E-state index contributed by atoms with van der Waals surface area (Å²) in [6, 6.07) is 10.0. The number of carbonyl (C=O) groups excluding carboxylic acids is 1. The van der Waals surface area contributed by atoms with Gasteiger partial charge in [-0.3, -0.25) is 4.90 Å². The van der Waals surface area contributed by atoms with E-state index < -0.39 is 0 Å². The molecule has 1 aliphatic carbocycles. The van der Waals surface area contributed by atoms with Gasteiger partial charge in [0.2, 0.25) is 0 Å². The number of carbonyl (C=O) groups is 1. The molecule has 0 aromatic heterocycles. The number of aliphatic hydroxyl groups excluding tert-OH is 1. The second-order valence-corrected chi connectivity index (χ2v) is 5.87. The minimum Gasteiger partial charge on any atom is -0.445 e. The monoisotopic (exact) mass is 306 g/mol. The lowest BCUT2D eigenvalue weighted by Crippen LogP contribution is -2.52. The Kier molecular flexibility index (Phi) is 6.68. The van der Waals surface area contributed by atoms with Gasteiger partial charge in [-0.1, -0.05) is 43.2 Å². The van der Waals surface area contributed by atoms with Crippen LogP contribution in [-0.2, 0) is 11.3 Å². The average Bonchev–Trinajstić information content (AvgIpc) is 2.54. The molecule has 0 spiro atoms. The number of alkyl carbamates (subject to hydrolysis) is 1. The van der Waals surface area contributed by atoms with Crippen LogP contribution in [0.15, 0.2) is 30.3 Å². The Balaban J connectivity index is 1.83. The molecule has 0 bridgehead atoms. The molecule has 5 nitrogen and oxygen atoms in total. The zero-order chi connectivity index (χ0) is 15.8. The largest absolute Gasteiger partial charge is 0.445 e. The maximum atomic E-state index is 12.0. The minimum absolute atomic E-state index is 0.0913. The standard InChI is InChI=1S/C17H26N2O3/c1-19(11-12-20)16-10-6-5-9-15(16)18-17(21)22-13-14-7-3-2-4-8-14/h2-4,7-8,15-16,20H,5-6,9-13H2,1H3,(H,18,21). The first-order valence-corrected chi connectivity index (χ1v) is 7.99. The fraction of sp³-hybridized carbons (Fsp3) is 0.588. The molecule has 5 heteroatoms. The van der Waals surface area contributed by atoms with E-state index in [2.05, 4.69) is 10.2 Å². The van der Waals surface area contributed by atoms with Gasteiger partial charge in [-0.2, -0.15) is 0 Å². The molecule has 1 aromatic carbocycles. The molecular weight excluding hydrogens is 280 g/mol. The van der Waals surface area contributed by atoms with Gasteiger partial charge in [0.15, 0.2) is 0 Å². The summed E-state index contributed by atoms with van der Waals surface area (Å²) >= 11 is 0. The molecule has 1 saturated carbocycles. The highest BCUT2D eigenvalue weighted by Crippen LogP contribution is 2.22. The number of hydrogen-bond donors (Lipinski definition) is 2. The first kappa shape index (κ1) is 16.8. The van der Waals surface area contributed by atoms with E-state index in [4.69, 9.17) is 9.84 Å². The third-order valence-electron chi connectivity index (χ3n) is 4.26. The van der Waals surface area contributed by atoms with Crippen LogP contribution in [0.2, 0.25) is 0 Å². The van der Waals surface area contributed by atoms with E-state index in [0.717, 1.165) is 31.2 Å². The molecule has 1 amide bonds. The van der Waals surface area contributed by atoms with E-state index in [1.165, 1.54) is 0 Å². The highest BCUT2D eigenvalue weighted by molar-refractivity contribution is 5.67. The smallest absolute Gasteiger partial charge is 0.407 e. The highest BCUT2D eigenvalue weighted by atomic mass is 16.5. The van der Waals surface area contributed by atoms with Crippen LogP contribution in [0.3, 0.4) is 0 Å². The summed E-state index contributed by atoms with van der Waals surface area (Å²) in [6.45, 7) is 1.05. The Morgan fingerprint density at radius 3 is 2.77 bits per heavy atom. The van der Waals surface area contributed by atoms with E-state index in [9.17, 15) is 4.79 Å². The van der Waals surface area contributed by atoms with Gasteiger partial charge in [0.25, 0.3) is 0 Å². The number of ether oxygens (including phenoxy) is 1. The molecule has 2 rings (SSSR count). The summed E-state index contributed by atoms with van der Waals surface area (Å²) in [6.07, 6.45) is 3.92. The van der Waals surface area contributed by atoms with Crippen molar-refractivity contribution in [2.24, 2.45) is 0 Å². The number of nitrogens with zero attached hydrogens (tertiary/aromatic N) is 1. The van der Waals surface area contributed by atoms with Crippen LogP contribution in [0, 0.1) is 0 Å². The molecule has 0 radical (unpaired) electrons. The van der Waals surface area contributed by atoms with Crippen molar-refractivity contribution in [1.29, 1.82) is 0 Å². The summed E-state index contributed by atoms with van der Waals surface area (Å²) in [7, 11) is 2.00. The molecule has 0 aliphatic heterocycles. The average molecular weight is 306 g/mol. The summed E-state index contributed by atoms with van der Waals surface area (Å²) in [5, 5.41) is 12.1. The number of aliphatic hydroxyl groups is 1. The highest BCUT2D eigenvalue weighted by Gasteiger charge is 2.29. The quantitative estimate of drug-likeness (QED) is 0.845. The van der Waals surface area contributed by atoms with Crippen LogP contribution >= 0.6 is 0 Å². The lowest BCUT2D eigenvalue weighted by molar-refractivity contribution is 0.102. The number of benzene rings is 1. The summed E-state index contributed by atoms with van der Waals surface area (Å²) < 4.78 is 5.30. The Labute approximate surface area is 132 Å². The van der Waals surface area contributed by atoms with Gasteiger partial charge in [-0.05, 0) is 25.5 Å². The maximum Gasteiger partial charge on any atom is 0.407 e. The molecule has 0 saturated heterocycles. The molecule has 2 unspecified atom stereocenters. The minimum atomic E-state index is -0.363. The molecular formula is C17H26N2O3. The lowest BCUT2D eigenvalue weighted by atomic mass is 9.89. The first-order chi connectivity index (χ1) is 10.7. The second-order valence-electron chi connectivity index (χ2n) is 5.87. The molecule has 2 N–H and O–H groups in total. The van der Waals surface area contributed by atoms with Crippen LogP contribution < -0.4 is 5.32 Å². The molecule has 0 heterocycles. The SMILES string of the molecule is CN(CCO)C1CCCCC1NC(=O)OCc1ccccc1. The van der Waals surface area contributed by atoms with E-state index in [1.807, 2.05) is 37.4 Å². The topological polar surface area (TPSA) is 61.8 Å². The fourth-order valence-corrected chi connectivity index (χ4v) is 3.05. The Bertz CT molecular complexity index is 452. The Morgan fingerprint density at radius 2 is 2.05 bits per heavy atom. The fourth-order valence-electron chi connectivity index (χ4n) is 3.05. The number of amides is 1. The second kappa shape index (κ2) is 8.76. The first-order valence-electron chi connectivity index (χ1n) is 7.99. The van der Waals surface area contributed by atoms with Crippen molar-refractivity contribution >= 4 is 6.09 Å². The lowest BCUT2D eigenvalue weighted by Gasteiger charge is -2.37. The van der Waals surface area contributed by atoms with Crippen molar-refractivity contribution in [3.63, 3.8) is 0 Å². The molecule has 122 valence electrons. The van der Waals surface area contributed by atoms with Crippen molar-refractivity contribution < 1.29 is 14.6 Å². The van der Waals surface area contributed by atoms with Gasteiger partial charge in [-0.15, -0.1) is 0 Å². The van der Waals surface area contributed by atoms with Gasteiger partial charge in [-0.25, -0.2) is 4.79 Å². The van der Waals surface area contributed by atoms with E-state index in [-0.39, 0.29) is 31.4 Å². The van der Waals surface area contributed by atoms with E-state index >= 15 is 0 Å². The van der Waals surface area contributed by atoms with Gasteiger partial charge in [0.1, 0.15) is 6.61 Å². The van der Waals surface area contributed by atoms with E-state index in [0.29, 0.717) is 6.54 Å². The Hall–Kier alpha value is -1.59. The molecule has 22 heavy (non-hydrogen) atoms.